The molecule has 1 amide bonds. The molecule has 2 atom stereocenters. The van der Waals surface area contributed by atoms with Crippen molar-refractivity contribution in [2.45, 2.75) is 31.5 Å². The van der Waals surface area contributed by atoms with E-state index in [0.717, 1.165) is 23.7 Å². The second kappa shape index (κ2) is 9.61. The van der Waals surface area contributed by atoms with Crippen LogP contribution in [0.25, 0.3) is 11.4 Å². The normalized spacial score (nSPS) is 13.0. The number of amides is 1. The number of aromatic nitrogens is 3. The Morgan fingerprint density at radius 2 is 2.15 bits per heavy atom. The average Bonchev–Trinajstić information content (AvgIpc) is 3.03. The zero-order valence-corrected chi connectivity index (χ0v) is 16.9. The molecule has 0 saturated carbocycles. The molecule has 146 valence electrons. The first-order valence-electron chi connectivity index (χ1n) is 8.33. The second-order valence-electron chi connectivity index (χ2n) is 5.93. The van der Waals surface area contributed by atoms with Gasteiger partial charge in [-0.15, -0.1) is 10.2 Å². The number of nitrogens with zero attached hydrogens (tertiary/aromatic N) is 3. The highest BCUT2D eigenvalue weighted by atomic mass is 35.5. The van der Waals surface area contributed by atoms with Crippen molar-refractivity contribution < 1.29 is 14.3 Å². The van der Waals surface area contributed by atoms with Crippen LogP contribution in [0, 0.1) is 5.92 Å². The lowest BCUT2D eigenvalue weighted by molar-refractivity contribution is -0.146. The molecule has 1 aromatic heterocycles. The first-order chi connectivity index (χ1) is 12.9. The van der Waals surface area contributed by atoms with Gasteiger partial charge in [0.15, 0.2) is 5.82 Å². The summed E-state index contributed by atoms with van der Waals surface area (Å²) in [5.41, 5.74) is 0.719. The van der Waals surface area contributed by atoms with E-state index in [1.807, 2.05) is 19.9 Å². The van der Waals surface area contributed by atoms with Gasteiger partial charge in [0.25, 0.3) is 0 Å². The first kappa shape index (κ1) is 21.0. The van der Waals surface area contributed by atoms with Crippen LogP contribution in [0.3, 0.4) is 0 Å². The minimum absolute atomic E-state index is 0.0365. The molecule has 0 saturated heterocycles. The molecule has 0 aliphatic carbocycles. The van der Waals surface area contributed by atoms with Gasteiger partial charge in [0.2, 0.25) is 11.1 Å². The summed E-state index contributed by atoms with van der Waals surface area (Å²) in [4.78, 5) is 24.1. The molecule has 0 unspecified atom stereocenters. The minimum Gasteiger partial charge on any atom is -0.467 e. The maximum atomic E-state index is 12.2. The van der Waals surface area contributed by atoms with Gasteiger partial charge in [0.05, 0.1) is 12.9 Å². The van der Waals surface area contributed by atoms with Gasteiger partial charge in [-0.1, -0.05) is 55.8 Å². The van der Waals surface area contributed by atoms with Crippen molar-refractivity contribution >= 4 is 35.2 Å². The lowest BCUT2D eigenvalue weighted by Gasteiger charge is -2.21. The second-order valence-corrected chi connectivity index (χ2v) is 7.31. The number of esters is 1. The van der Waals surface area contributed by atoms with Gasteiger partial charge in [0.1, 0.15) is 6.04 Å². The summed E-state index contributed by atoms with van der Waals surface area (Å²) in [5, 5.41) is 11.7. The molecule has 2 rings (SSSR count). The van der Waals surface area contributed by atoms with E-state index in [1.54, 1.807) is 18.2 Å². The molecular formula is C17H22ClN5O3S. The van der Waals surface area contributed by atoms with Crippen LogP contribution in [0.4, 0.5) is 0 Å². The smallest absolute Gasteiger partial charge is 0.328 e. The van der Waals surface area contributed by atoms with Crippen LogP contribution in [0.2, 0.25) is 5.02 Å². The molecule has 1 heterocycles. The van der Waals surface area contributed by atoms with Gasteiger partial charge in [-0.3, -0.25) is 4.79 Å². The Bertz CT molecular complexity index is 814. The highest BCUT2D eigenvalue weighted by Gasteiger charge is 2.26. The number of nitrogen functional groups attached to an aromatic ring is 1. The predicted molar refractivity (Wildman–Crippen MR) is 105 cm³/mol. The van der Waals surface area contributed by atoms with Gasteiger partial charge in [0, 0.05) is 10.6 Å². The summed E-state index contributed by atoms with van der Waals surface area (Å²) in [5.74, 6) is 5.68. The van der Waals surface area contributed by atoms with Crippen molar-refractivity contribution in [3.05, 3.63) is 29.3 Å². The number of carbonyl (C=O) groups is 2. The number of nitrogens with one attached hydrogen (secondary N) is 1. The van der Waals surface area contributed by atoms with Crippen molar-refractivity contribution in [1.29, 1.82) is 0 Å². The SMILES string of the molecule is CC[C@@H](C)[C@@H](NC(=O)CSc1nnc(-c2cccc(Cl)c2)n1N)C(=O)OC. The standard InChI is InChI=1S/C17H22ClN5O3S/c1-4-10(2)14(16(25)26-3)20-13(24)9-27-17-22-21-15(23(17)19)11-6-5-7-12(18)8-11/h5-8,10,14H,4,9,19H2,1-3H3,(H,20,24)/t10-,14-/m1/s1. The van der Waals surface area contributed by atoms with Gasteiger partial charge in [-0.25, -0.2) is 9.47 Å². The van der Waals surface area contributed by atoms with Gasteiger partial charge >= 0.3 is 5.97 Å². The molecule has 0 aliphatic heterocycles. The number of benzene rings is 1. The number of methoxy groups -OCH3 is 1. The largest absolute Gasteiger partial charge is 0.467 e. The number of rotatable bonds is 8. The molecule has 3 N–H and O–H groups in total. The Morgan fingerprint density at radius 3 is 2.78 bits per heavy atom. The Hall–Kier alpha value is -2.26. The van der Waals surface area contributed by atoms with Crippen LogP contribution in [0.15, 0.2) is 29.4 Å². The first-order valence-corrected chi connectivity index (χ1v) is 9.70. The summed E-state index contributed by atoms with van der Waals surface area (Å²) >= 11 is 7.11. The molecule has 0 bridgehead atoms. The van der Waals surface area contributed by atoms with E-state index in [2.05, 4.69) is 15.5 Å². The number of halogens is 1. The number of hydrogen-bond donors (Lipinski definition) is 2. The van der Waals surface area contributed by atoms with Crippen LogP contribution in [0.5, 0.6) is 0 Å². The molecule has 0 fully saturated rings. The molecule has 0 aliphatic rings. The molecule has 1 aromatic carbocycles. The Balaban J connectivity index is 2.02. The third kappa shape index (κ3) is 5.36. The fourth-order valence-electron chi connectivity index (χ4n) is 2.34. The average molecular weight is 412 g/mol. The molecular weight excluding hydrogens is 390 g/mol. The summed E-state index contributed by atoms with van der Waals surface area (Å²) < 4.78 is 6.06. The molecule has 27 heavy (non-hydrogen) atoms. The van der Waals surface area contributed by atoms with Crippen LogP contribution in [-0.4, -0.2) is 45.7 Å². The summed E-state index contributed by atoms with van der Waals surface area (Å²) in [6, 6.07) is 6.38. The summed E-state index contributed by atoms with van der Waals surface area (Å²) in [6.07, 6.45) is 0.729. The van der Waals surface area contributed by atoms with E-state index in [-0.39, 0.29) is 17.6 Å². The Labute approximate surface area is 166 Å². The lowest BCUT2D eigenvalue weighted by atomic mass is 9.99. The van der Waals surface area contributed by atoms with Crippen molar-refractivity contribution in [3.8, 4) is 11.4 Å². The Kier molecular flexibility index (Phi) is 7.49. The third-order valence-electron chi connectivity index (χ3n) is 4.06. The fourth-order valence-corrected chi connectivity index (χ4v) is 3.20. The third-order valence-corrected chi connectivity index (χ3v) is 5.24. The fraction of sp³-hybridized carbons (Fsp3) is 0.412. The topological polar surface area (TPSA) is 112 Å². The number of nitrogens with two attached hydrogens (primary N) is 1. The molecule has 0 spiro atoms. The number of hydrogen-bond acceptors (Lipinski definition) is 7. The van der Waals surface area contributed by atoms with E-state index < -0.39 is 12.0 Å². The van der Waals surface area contributed by atoms with Crippen molar-refractivity contribution in [2.24, 2.45) is 5.92 Å². The van der Waals surface area contributed by atoms with Crippen molar-refractivity contribution in [1.82, 2.24) is 20.2 Å². The van der Waals surface area contributed by atoms with Crippen LogP contribution >= 0.6 is 23.4 Å². The minimum atomic E-state index is -0.689. The summed E-state index contributed by atoms with van der Waals surface area (Å²) in [6.45, 7) is 3.82. The predicted octanol–water partition coefficient (Wildman–Crippen LogP) is 2.11. The maximum Gasteiger partial charge on any atom is 0.328 e. The van der Waals surface area contributed by atoms with Crippen molar-refractivity contribution in [2.75, 3.05) is 18.7 Å². The van der Waals surface area contributed by atoms with E-state index in [0.29, 0.717) is 16.0 Å². The van der Waals surface area contributed by atoms with Crippen LogP contribution in [0.1, 0.15) is 20.3 Å². The van der Waals surface area contributed by atoms with Gasteiger partial charge in [-0.05, 0) is 18.1 Å². The Morgan fingerprint density at radius 1 is 1.41 bits per heavy atom. The van der Waals surface area contributed by atoms with Gasteiger partial charge in [-0.2, -0.15) is 0 Å². The summed E-state index contributed by atoms with van der Waals surface area (Å²) in [7, 11) is 1.30. The molecule has 2 aromatic rings. The van der Waals surface area contributed by atoms with E-state index in [1.165, 1.54) is 11.8 Å². The molecule has 8 nitrogen and oxygen atoms in total. The highest BCUT2D eigenvalue weighted by molar-refractivity contribution is 7.99. The quantitative estimate of drug-likeness (QED) is 0.388. The van der Waals surface area contributed by atoms with Crippen molar-refractivity contribution in [3.63, 3.8) is 0 Å². The van der Waals surface area contributed by atoms with Gasteiger partial charge < -0.3 is 15.9 Å². The van der Waals surface area contributed by atoms with E-state index in [9.17, 15) is 9.59 Å². The molecule has 10 heteroatoms. The number of carbonyl (C=O) groups excluding carboxylic acids is 2. The highest BCUT2D eigenvalue weighted by Crippen LogP contribution is 2.23. The van der Waals surface area contributed by atoms with E-state index in [4.69, 9.17) is 22.2 Å². The van der Waals surface area contributed by atoms with Crippen LogP contribution < -0.4 is 11.2 Å². The van der Waals surface area contributed by atoms with E-state index >= 15 is 0 Å². The monoisotopic (exact) mass is 411 g/mol. The zero-order chi connectivity index (χ0) is 20.0. The zero-order valence-electron chi connectivity index (χ0n) is 15.3. The van der Waals surface area contributed by atoms with Crippen LogP contribution in [-0.2, 0) is 14.3 Å². The number of ether oxygens (including phenoxy) is 1. The molecule has 0 radical (unpaired) electrons. The lowest BCUT2D eigenvalue weighted by Crippen LogP contribution is -2.46. The maximum absolute atomic E-state index is 12.2. The number of thioether (sulfide) groups is 1.